The van der Waals surface area contributed by atoms with Crippen molar-refractivity contribution in [1.82, 2.24) is 5.43 Å². The minimum Gasteiger partial charge on any atom is -0.493 e. The number of nitrogens with one attached hydrogen (secondary N) is 1. The first kappa shape index (κ1) is 16.8. The number of hydrogen-bond acceptors (Lipinski definition) is 5. The van der Waals surface area contributed by atoms with Gasteiger partial charge in [-0.25, -0.2) is 5.43 Å². The standard InChI is InChI=1S/C17H18N2O3S/c1-3-5-13-7-8-15(16(10-13)21-2)22-12-17(20)19-18-11-14-6-4-9-23-14/h3-4,6-11H,1,5,12H2,2H3,(H,19,20). The van der Waals surface area contributed by atoms with Gasteiger partial charge in [-0.05, 0) is 35.6 Å². The zero-order valence-electron chi connectivity index (χ0n) is 12.8. The number of rotatable bonds is 8. The molecule has 1 amide bonds. The van der Waals surface area contributed by atoms with Crippen LogP contribution in [0.1, 0.15) is 10.4 Å². The Labute approximate surface area is 139 Å². The lowest BCUT2D eigenvalue weighted by atomic mass is 10.1. The number of ether oxygens (including phenoxy) is 2. The van der Waals surface area contributed by atoms with Gasteiger partial charge in [-0.2, -0.15) is 5.10 Å². The van der Waals surface area contributed by atoms with Crippen LogP contribution in [0.15, 0.2) is 53.5 Å². The molecule has 1 aromatic heterocycles. The largest absolute Gasteiger partial charge is 0.493 e. The van der Waals surface area contributed by atoms with Crippen molar-refractivity contribution < 1.29 is 14.3 Å². The van der Waals surface area contributed by atoms with E-state index in [0.29, 0.717) is 11.5 Å². The van der Waals surface area contributed by atoms with Gasteiger partial charge in [0.05, 0.1) is 13.3 Å². The second kappa shape index (κ2) is 8.75. The fourth-order valence-electron chi connectivity index (χ4n) is 1.83. The number of allylic oxidation sites excluding steroid dienone is 1. The normalized spacial score (nSPS) is 10.5. The summed E-state index contributed by atoms with van der Waals surface area (Å²) >= 11 is 1.54. The Morgan fingerprint density at radius 1 is 1.39 bits per heavy atom. The Bertz CT molecular complexity index is 681. The summed E-state index contributed by atoms with van der Waals surface area (Å²) in [6.45, 7) is 3.56. The quantitative estimate of drug-likeness (QED) is 0.460. The number of nitrogens with zero attached hydrogens (tertiary/aromatic N) is 1. The van der Waals surface area contributed by atoms with Gasteiger partial charge >= 0.3 is 0 Å². The zero-order chi connectivity index (χ0) is 16.5. The summed E-state index contributed by atoms with van der Waals surface area (Å²) in [4.78, 5) is 12.7. The van der Waals surface area contributed by atoms with Crippen LogP contribution in [0.3, 0.4) is 0 Å². The number of methoxy groups -OCH3 is 1. The van der Waals surface area contributed by atoms with Gasteiger partial charge in [0.25, 0.3) is 5.91 Å². The van der Waals surface area contributed by atoms with Crippen LogP contribution in [0.25, 0.3) is 0 Å². The summed E-state index contributed by atoms with van der Waals surface area (Å²) in [5, 5.41) is 5.81. The third kappa shape index (κ3) is 5.27. The van der Waals surface area contributed by atoms with Crippen molar-refractivity contribution in [2.45, 2.75) is 6.42 Å². The first-order chi connectivity index (χ1) is 11.2. The molecule has 0 aliphatic heterocycles. The minimum atomic E-state index is -0.338. The van der Waals surface area contributed by atoms with Crippen LogP contribution in [-0.4, -0.2) is 25.8 Å². The lowest BCUT2D eigenvalue weighted by molar-refractivity contribution is -0.123. The molecule has 2 aromatic rings. The molecule has 1 N–H and O–H groups in total. The molecule has 0 spiro atoms. The molecule has 0 atom stereocenters. The highest BCUT2D eigenvalue weighted by molar-refractivity contribution is 7.11. The zero-order valence-corrected chi connectivity index (χ0v) is 13.6. The molecular weight excluding hydrogens is 312 g/mol. The molecular formula is C17H18N2O3S. The fraction of sp³-hybridized carbons (Fsp3) is 0.176. The van der Waals surface area contributed by atoms with Crippen molar-refractivity contribution in [2.24, 2.45) is 5.10 Å². The SMILES string of the molecule is C=CCc1ccc(OCC(=O)NN=Cc2cccs2)c(OC)c1. The molecule has 0 aliphatic rings. The molecule has 120 valence electrons. The van der Waals surface area contributed by atoms with Crippen molar-refractivity contribution in [3.05, 3.63) is 58.8 Å². The van der Waals surface area contributed by atoms with Gasteiger partial charge in [0.15, 0.2) is 18.1 Å². The molecule has 2 rings (SSSR count). The lowest BCUT2D eigenvalue weighted by Gasteiger charge is -2.11. The minimum absolute atomic E-state index is 0.140. The van der Waals surface area contributed by atoms with E-state index in [-0.39, 0.29) is 12.5 Å². The summed E-state index contributed by atoms with van der Waals surface area (Å²) < 4.78 is 10.8. The third-order valence-corrected chi connectivity index (χ3v) is 3.70. The highest BCUT2D eigenvalue weighted by Crippen LogP contribution is 2.28. The van der Waals surface area contributed by atoms with Crippen LogP contribution in [0, 0.1) is 0 Å². The average molecular weight is 330 g/mol. The first-order valence-electron chi connectivity index (χ1n) is 6.99. The van der Waals surface area contributed by atoms with Crippen molar-refractivity contribution >= 4 is 23.5 Å². The number of benzene rings is 1. The number of amides is 1. The Morgan fingerprint density at radius 3 is 2.96 bits per heavy atom. The van der Waals surface area contributed by atoms with Crippen LogP contribution in [0.2, 0.25) is 0 Å². The van der Waals surface area contributed by atoms with Gasteiger partial charge < -0.3 is 9.47 Å². The van der Waals surface area contributed by atoms with Crippen LogP contribution in [0.5, 0.6) is 11.5 Å². The van der Waals surface area contributed by atoms with E-state index in [1.54, 1.807) is 19.4 Å². The molecule has 0 saturated heterocycles. The number of hydrazone groups is 1. The van der Waals surface area contributed by atoms with Gasteiger partial charge in [-0.1, -0.05) is 18.2 Å². The van der Waals surface area contributed by atoms with E-state index >= 15 is 0 Å². The van der Waals surface area contributed by atoms with Crippen LogP contribution in [-0.2, 0) is 11.2 Å². The Kier molecular flexibility index (Phi) is 6.38. The van der Waals surface area contributed by atoms with E-state index < -0.39 is 0 Å². The monoisotopic (exact) mass is 330 g/mol. The van der Waals surface area contributed by atoms with Crippen molar-refractivity contribution in [1.29, 1.82) is 0 Å². The third-order valence-electron chi connectivity index (χ3n) is 2.89. The number of hydrogen-bond donors (Lipinski definition) is 1. The number of carbonyl (C=O) groups excluding carboxylic acids is 1. The van der Waals surface area contributed by atoms with Gasteiger partial charge in [-0.15, -0.1) is 17.9 Å². The molecule has 0 bridgehead atoms. The predicted molar refractivity (Wildman–Crippen MR) is 92.4 cm³/mol. The van der Waals surface area contributed by atoms with E-state index in [9.17, 15) is 4.79 Å². The highest BCUT2D eigenvalue weighted by Gasteiger charge is 2.08. The molecule has 5 nitrogen and oxygen atoms in total. The van der Waals surface area contributed by atoms with Gasteiger partial charge in [0.2, 0.25) is 0 Å². The Hall–Kier alpha value is -2.60. The van der Waals surface area contributed by atoms with E-state index in [1.807, 2.05) is 35.7 Å². The van der Waals surface area contributed by atoms with Crippen molar-refractivity contribution in [3.8, 4) is 11.5 Å². The van der Waals surface area contributed by atoms with E-state index in [2.05, 4.69) is 17.1 Å². The lowest BCUT2D eigenvalue weighted by Crippen LogP contribution is -2.24. The molecule has 0 fully saturated rings. The fourth-order valence-corrected chi connectivity index (χ4v) is 2.42. The second-order valence-corrected chi connectivity index (χ2v) is 5.55. The first-order valence-corrected chi connectivity index (χ1v) is 7.87. The highest BCUT2D eigenvalue weighted by atomic mass is 32.1. The van der Waals surface area contributed by atoms with E-state index in [0.717, 1.165) is 16.9 Å². The smallest absolute Gasteiger partial charge is 0.277 e. The number of thiophene rings is 1. The second-order valence-electron chi connectivity index (χ2n) is 4.58. The van der Waals surface area contributed by atoms with E-state index in [4.69, 9.17) is 9.47 Å². The summed E-state index contributed by atoms with van der Waals surface area (Å²) in [6.07, 6.45) is 4.15. The van der Waals surface area contributed by atoms with Crippen LogP contribution in [0.4, 0.5) is 0 Å². The average Bonchev–Trinajstić information content (AvgIpc) is 3.07. The topological polar surface area (TPSA) is 59.9 Å². The van der Waals surface area contributed by atoms with Gasteiger partial charge in [0.1, 0.15) is 0 Å². The molecule has 1 heterocycles. The van der Waals surface area contributed by atoms with Gasteiger partial charge in [-0.3, -0.25) is 4.79 Å². The van der Waals surface area contributed by atoms with Gasteiger partial charge in [0, 0.05) is 4.88 Å². The Balaban J connectivity index is 1.87. The summed E-state index contributed by atoms with van der Waals surface area (Å²) in [5.74, 6) is 0.756. The molecule has 0 saturated carbocycles. The molecule has 0 radical (unpaired) electrons. The predicted octanol–water partition coefficient (Wildman–Crippen LogP) is 3.01. The summed E-state index contributed by atoms with van der Waals surface area (Å²) in [7, 11) is 1.56. The van der Waals surface area contributed by atoms with Crippen molar-refractivity contribution in [2.75, 3.05) is 13.7 Å². The van der Waals surface area contributed by atoms with Crippen molar-refractivity contribution in [3.63, 3.8) is 0 Å². The maximum atomic E-state index is 11.7. The summed E-state index contributed by atoms with van der Waals surface area (Å²) in [6, 6.07) is 9.38. The van der Waals surface area contributed by atoms with Crippen LogP contribution >= 0.6 is 11.3 Å². The number of carbonyl (C=O) groups is 1. The molecule has 6 heteroatoms. The van der Waals surface area contributed by atoms with Crippen LogP contribution < -0.4 is 14.9 Å². The van der Waals surface area contributed by atoms with E-state index in [1.165, 1.54) is 11.3 Å². The molecule has 0 aliphatic carbocycles. The maximum absolute atomic E-state index is 11.7. The Morgan fingerprint density at radius 2 is 2.26 bits per heavy atom. The molecule has 1 aromatic carbocycles. The maximum Gasteiger partial charge on any atom is 0.277 e. The summed E-state index contributed by atoms with van der Waals surface area (Å²) in [5.41, 5.74) is 3.48. The molecule has 23 heavy (non-hydrogen) atoms. The molecule has 0 unspecified atom stereocenters.